The topological polar surface area (TPSA) is 45.5 Å². The van der Waals surface area contributed by atoms with Gasteiger partial charge in [-0.15, -0.1) is 0 Å². The molecule has 0 radical (unpaired) electrons. The van der Waals surface area contributed by atoms with Crippen molar-refractivity contribution < 1.29 is 18.4 Å². The molecular formula is C13H9F3N2O. The fourth-order valence-electron chi connectivity index (χ4n) is 1.58. The first-order valence-electron chi connectivity index (χ1n) is 5.33. The summed E-state index contributed by atoms with van der Waals surface area (Å²) >= 11 is 0. The van der Waals surface area contributed by atoms with Crippen LogP contribution in [-0.4, -0.2) is 15.9 Å². The molecule has 6 heteroatoms. The Hall–Kier alpha value is -2.37. The fourth-order valence-corrected chi connectivity index (χ4v) is 1.58. The second-order valence-electron chi connectivity index (χ2n) is 3.74. The minimum atomic E-state index is -4.39. The summed E-state index contributed by atoms with van der Waals surface area (Å²) in [5.74, 6) is 0. The highest BCUT2D eigenvalue weighted by Gasteiger charge is 2.30. The number of hydrogen-bond acceptors (Lipinski definition) is 3. The number of rotatable bonds is 2. The molecule has 2 aromatic rings. The lowest BCUT2D eigenvalue weighted by Crippen LogP contribution is -2.08. The number of benzene rings is 1. The standard InChI is InChI=1S/C13H9F3N2O/c14-13(15,16)10-6-4-9(5-7-10)12(18-19)11-3-1-2-8-17-11/h1-8,19H/b18-12-. The SMILES string of the molecule is O/N=C(/c1ccc(C(F)(F)F)cc1)c1ccccn1. The van der Waals surface area contributed by atoms with Crippen LogP contribution in [0.5, 0.6) is 0 Å². The first kappa shape index (κ1) is 13.1. The first-order valence-corrected chi connectivity index (χ1v) is 5.33. The zero-order chi connectivity index (χ0) is 13.9. The molecule has 1 N–H and O–H groups in total. The van der Waals surface area contributed by atoms with Crippen molar-refractivity contribution in [1.82, 2.24) is 4.98 Å². The van der Waals surface area contributed by atoms with Crippen LogP contribution in [0.15, 0.2) is 53.8 Å². The second kappa shape index (κ2) is 5.09. The van der Waals surface area contributed by atoms with Crippen molar-refractivity contribution in [3.05, 3.63) is 65.5 Å². The Bertz CT molecular complexity index is 577. The van der Waals surface area contributed by atoms with Crippen LogP contribution in [0, 0.1) is 0 Å². The summed E-state index contributed by atoms with van der Waals surface area (Å²) in [5.41, 5.74) is 0.0999. The Morgan fingerprint density at radius 1 is 1.05 bits per heavy atom. The van der Waals surface area contributed by atoms with E-state index in [-0.39, 0.29) is 5.71 Å². The van der Waals surface area contributed by atoms with Gasteiger partial charge in [0, 0.05) is 11.8 Å². The lowest BCUT2D eigenvalue weighted by molar-refractivity contribution is -0.137. The van der Waals surface area contributed by atoms with Crippen LogP contribution in [-0.2, 0) is 6.18 Å². The first-order chi connectivity index (χ1) is 9.02. The normalized spacial score (nSPS) is 12.5. The number of nitrogens with zero attached hydrogens (tertiary/aromatic N) is 2. The van der Waals surface area contributed by atoms with E-state index in [1.807, 2.05) is 0 Å². The van der Waals surface area contributed by atoms with E-state index >= 15 is 0 Å². The molecular weight excluding hydrogens is 257 g/mol. The maximum absolute atomic E-state index is 12.4. The van der Waals surface area contributed by atoms with Crippen molar-refractivity contribution in [3.63, 3.8) is 0 Å². The van der Waals surface area contributed by atoms with Crippen molar-refractivity contribution in [2.45, 2.75) is 6.18 Å². The predicted octanol–water partition coefficient (Wildman–Crippen LogP) is 3.33. The van der Waals surface area contributed by atoms with Gasteiger partial charge < -0.3 is 5.21 Å². The molecule has 1 heterocycles. The predicted molar refractivity (Wildman–Crippen MR) is 63.1 cm³/mol. The maximum atomic E-state index is 12.4. The molecule has 0 amide bonds. The van der Waals surface area contributed by atoms with Gasteiger partial charge in [-0.1, -0.05) is 23.4 Å². The van der Waals surface area contributed by atoms with E-state index in [0.29, 0.717) is 11.3 Å². The van der Waals surface area contributed by atoms with Crippen LogP contribution in [0.25, 0.3) is 0 Å². The van der Waals surface area contributed by atoms with E-state index in [1.54, 1.807) is 18.2 Å². The van der Waals surface area contributed by atoms with E-state index in [9.17, 15) is 13.2 Å². The van der Waals surface area contributed by atoms with Crippen molar-refractivity contribution >= 4 is 5.71 Å². The molecule has 0 bridgehead atoms. The lowest BCUT2D eigenvalue weighted by atomic mass is 10.0. The van der Waals surface area contributed by atoms with Gasteiger partial charge in [0.25, 0.3) is 0 Å². The third-order valence-electron chi connectivity index (χ3n) is 2.49. The van der Waals surface area contributed by atoms with Crippen molar-refractivity contribution in [1.29, 1.82) is 0 Å². The highest BCUT2D eigenvalue weighted by atomic mass is 19.4. The lowest BCUT2D eigenvalue weighted by Gasteiger charge is -2.08. The second-order valence-corrected chi connectivity index (χ2v) is 3.74. The summed E-state index contributed by atoms with van der Waals surface area (Å²) in [4.78, 5) is 3.98. The van der Waals surface area contributed by atoms with Crippen LogP contribution >= 0.6 is 0 Å². The van der Waals surface area contributed by atoms with Gasteiger partial charge >= 0.3 is 6.18 Å². The van der Waals surface area contributed by atoms with Gasteiger partial charge in [-0.05, 0) is 24.3 Å². The average molecular weight is 266 g/mol. The average Bonchev–Trinajstić information content (AvgIpc) is 2.40. The monoisotopic (exact) mass is 266 g/mol. The van der Waals surface area contributed by atoms with Crippen molar-refractivity contribution in [2.24, 2.45) is 5.16 Å². The molecule has 19 heavy (non-hydrogen) atoms. The quantitative estimate of drug-likeness (QED) is 0.515. The third kappa shape index (κ3) is 2.90. The van der Waals surface area contributed by atoms with Crippen LogP contribution in [0.4, 0.5) is 13.2 Å². The van der Waals surface area contributed by atoms with Gasteiger partial charge in [-0.25, -0.2) is 0 Å². The molecule has 2 rings (SSSR count). The largest absolute Gasteiger partial charge is 0.416 e. The van der Waals surface area contributed by atoms with Gasteiger partial charge in [0.2, 0.25) is 0 Å². The molecule has 0 aliphatic rings. The highest BCUT2D eigenvalue weighted by Crippen LogP contribution is 2.29. The van der Waals surface area contributed by atoms with E-state index in [2.05, 4.69) is 10.1 Å². The Labute approximate surface area is 107 Å². The van der Waals surface area contributed by atoms with Gasteiger partial charge in [-0.2, -0.15) is 13.2 Å². The molecule has 0 atom stereocenters. The molecule has 0 unspecified atom stereocenters. The van der Waals surface area contributed by atoms with E-state index in [0.717, 1.165) is 12.1 Å². The molecule has 3 nitrogen and oxygen atoms in total. The minimum Gasteiger partial charge on any atom is -0.410 e. The van der Waals surface area contributed by atoms with Crippen molar-refractivity contribution in [3.8, 4) is 0 Å². The van der Waals surface area contributed by atoms with Crippen LogP contribution < -0.4 is 0 Å². The molecule has 0 fully saturated rings. The summed E-state index contributed by atoms with van der Waals surface area (Å²) in [7, 11) is 0. The summed E-state index contributed by atoms with van der Waals surface area (Å²) in [6, 6.07) is 9.33. The van der Waals surface area contributed by atoms with E-state index in [1.165, 1.54) is 18.3 Å². The number of pyridine rings is 1. The van der Waals surface area contributed by atoms with Gasteiger partial charge in [0.1, 0.15) is 5.71 Å². The van der Waals surface area contributed by atoms with Gasteiger partial charge in [0.15, 0.2) is 0 Å². The smallest absolute Gasteiger partial charge is 0.410 e. The summed E-state index contributed by atoms with van der Waals surface area (Å²) in [6.45, 7) is 0. The van der Waals surface area contributed by atoms with Crippen LogP contribution in [0.1, 0.15) is 16.8 Å². The van der Waals surface area contributed by atoms with Crippen LogP contribution in [0.3, 0.4) is 0 Å². The molecule has 0 saturated carbocycles. The number of oxime groups is 1. The Morgan fingerprint density at radius 3 is 2.21 bits per heavy atom. The van der Waals surface area contributed by atoms with Crippen molar-refractivity contribution in [2.75, 3.05) is 0 Å². The highest BCUT2D eigenvalue weighted by molar-refractivity contribution is 6.11. The molecule has 0 spiro atoms. The van der Waals surface area contributed by atoms with Crippen LogP contribution in [0.2, 0.25) is 0 Å². The molecule has 0 aliphatic carbocycles. The fraction of sp³-hybridized carbons (Fsp3) is 0.0769. The minimum absolute atomic E-state index is 0.120. The third-order valence-corrected chi connectivity index (χ3v) is 2.49. The zero-order valence-electron chi connectivity index (χ0n) is 9.59. The molecule has 98 valence electrons. The van der Waals surface area contributed by atoms with E-state index in [4.69, 9.17) is 5.21 Å². The Kier molecular flexibility index (Phi) is 3.50. The number of halogens is 3. The maximum Gasteiger partial charge on any atom is 0.416 e. The zero-order valence-corrected chi connectivity index (χ0v) is 9.59. The molecule has 0 aliphatic heterocycles. The number of alkyl halides is 3. The summed E-state index contributed by atoms with van der Waals surface area (Å²) in [6.07, 6.45) is -2.88. The summed E-state index contributed by atoms with van der Waals surface area (Å²) < 4.78 is 37.3. The Morgan fingerprint density at radius 2 is 1.74 bits per heavy atom. The molecule has 1 aromatic carbocycles. The van der Waals surface area contributed by atoms with Gasteiger partial charge in [-0.3, -0.25) is 4.98 Å². The summed E-state index contributed by atoms with van der Waals surface area (Å²) in [5, 5.41) is 12.1. The molecule has 0 saturated heterocycles. The number of hydrogen-bond donors (Lipinski definition) is 1. The van der Waals surface area contributed by atoms with Gasteiger partial charge in [0.05, 0.1) is 11.3 Å². The number of aromatic nitrogens is 1. The van der Waals surface area contributed by atoms with E-state index < -0.39 is 11.7 Å². The Balaban J connectivity index is 2.37. The molecule has 1 aromatic heterocycles.